The highest BCUT2D eigenvalue weighted by molar-refractivity contribution is 6.32. The molecular weight excluding hydrogens is 256 g/mol. The minimum atomic E-state index is -0.684. The summed E-state index contributed by atoms with van der Waals surface area (Å²) in [4.78, 5) is 22.5. The van der Waals surface area contributed by atoms with Gasteiger partial charge in [-0.25, -0.2) is 9.59 Å². The van der Waals surface area contributed by atoms with E-state index in [2.05, 4.69) is 0 Å². The van der Waals surface area contributed by atoms with E-state index in [9.17, 15) is 9.59 Å². The van der Waals surface area contributed by atoms with Crippen LogP contribution in [0, 0.1) is 0 Å². The molecule has 1 aromatic carbocycles. The number of hydrogen-bond donors (Lipinski definition) is 0. The Morgan fingerprint density at radius 1 is 1.22 bits per heavy atom. The van der Waals surface area contributed by atoms with E-state index in [1.807, 2.05) is 6.92 Å². The second-order valence-corrected chi connectivity index (χ2v) is 3.76. The molecule has 0 fully saturated rings. The van der Waals surface area contributed by atoms with Gasteiger partial charge in [0.25, 0.3) is 0 Å². The van der Waals surface area contributed by atoms with Crippen LogP contribution in [0.4, 0.5) is 0 Å². The Kier molecular flexibility index (Phi) is 5.94. The molecule has 1 rings (SSSR count). The number of esters is 2. The lowest BCUT2D eigenvalue weighted by Gasteiger charge is -2.02. The summed E-state index contributed by atoms with van der Waals surface area (Å²) in [6, 6.07) is 6.57. The van der Waals surface area contributed by atoms with Gasteiger partial charge in [-0.2, -0.15) is 0 Å². The van der Waals surface area contributed by atoms with Crippen LogP contribution in [-0.4, -0.2) is 18.5 Å². The van der Waals surface area contributed by atoms with Crippen molar-refractivity contribution >= 4 is 23.5 Å². The third-order valence-corrected chi connectivity index (χ3v) is 2.16. The smallest absolute Gasteiger partial charge is 0.336 e. The molecule has 0 N–H and O–H groups in total. The molecule has 0 saturated carbocycles. The summed E-state index contributed by atoms with van der Waals surface area (Å²) in [7, 11) is 0. The van der Waals surface area contributed by atoms with Gasteiger partial charge in [0.1, 0.15) is 5.75 Å². The number of hydrogen-bond acceptors (Lipinski definition) is 4. The predicted molar refractivity (Wildman–Crippen MR) is 67.5 cm³/mol. The second kappa shape index (κ2) is 7.50. The van der Waals surface area contributed by atoms with Crippen LogP contribution in [-0.2, 0) is 14.3 Å². The average Bonchev–Trinajstić information content (AvgIpc) is 2.36. The first-order valence-electron chi connectivity index (χ1n) is 5.44. The number of benzene rings is 1. The molecule has 0 spiro atoms. The topological polar surface area (TPSA) is 52.6 Å². The van der Waals surface area contributed by atoms with Gasteiger partial charge in [0.15, 0.2) is 0 Å². The molecule has 96 valence electrons. The highest BCUT2D eigenvalue weighted by atomic mass is 35.5. The molecule has 5 heteroatoms. The third-order valence-electron chi connectivity index (χ3n) is 1.85. The van der Waals surface area contributed by atoms with E-state index in [4.69, 9.17) is 21.1 Å². The van der Waals surface area contributed by atoms with Gasteiger partial charge < -0.3 is 9.47 Å². The lowest BCUT2D eigenvalue weighted by molar-refractivity contribution is -0.138. The largest absolute Gasteiger partial charge is 0.463 e. The molecule has 0 aliphatic heterocycles. The predicted octanol–water partition coefficient (Wildman–Crippen LogP) is 2.75. The fourth-order valence-electron chi connectivity index (χ4n) is 1.06. The standard InChI is InChI=1S/C13H13ClO4/c1-2-9-17-12(15)7-8-13(16)18-11-6-4-3-5-10(11)14/h3-8H,2,9H2,1H3/b8-7+. The minimum Gasteiger partial charge on any atom is -0.463 e. The van der Waals surface area contributed by atoms with E-state index < -0.39 is 11.9 Å². The molecule has 0 unspecified atom stereocenters. The number of carbonyl (C=O) groups excluding carboxylic acids is 2. The van der Waals surface area contributed by atoms with E-state index in [1.165, 1.54) is 0 Å². The molecule has 18 heavy (non-hydrogen) atoms. The molecule has 4 nitrogen and oxygen atoms in total. The average molecular weight is 269 g/mol. The number of carbonyl (C=O) groups is 2. The van der Waals surface area contributed by atoms with Gasteiger partial charge in [-0.3, -0.25) is 0 Å². The molecule has 0 amide bonds. The molecule has 0 aliphatic rings. The fraction of sp³-hybridized carbons (Fsp3) is 0.231. The van der Waals surface area contributed by atoms with Crippen LogP contribution in [0.25, 0.3) is 0 Å². The van der Waals surface area contributed by atoms with Crippen LogP contribution in [0.2, 0.25) is 5.02 Å². The van der Waals surface area contributed by atoms with Crippen molar-refractivity contribution in [3.63, 3.8) is 0 Å². The Hall–Kier alpha value is -1.81. The van der Waals surface area contributed by atoms with E-state index >= 15 is 0 Å². The maximum Gasteiger partial charge on any atom is 0.336 e. The Morgan fingerprint density at radius 2 is 1.89 bits per heavy atom. The van der Waals surface area contributed by atoms with Crippen molar-refractivity contribution in [2.45, 2.75) is 13.3 Å². The van der Waals surface area contributed by atoms with E-state index in [-0.39, 0.29) is 5.75 Å². The highest BCUT2D eigenvalue weighted by Gasteiger charge is 2.05. The zero-order chi connectivity index (χ0) is 13.4. The van der Waals surface area contributed by atoms with E-state index in [1.54, 1.807) is 24.3 Å². The van der Waals surface area contributed by atoms with Crippen molar-refractivity contribution < 1.29 is 19.1 Å². The number of rotatable bonds is 5. The maximum absolute atomic E-state index is 11.4. The van der Waals surface area contributed by atoms with E-state index in [0.717, 1.165) is 18.6 Å². The first kappa shape index (κ1) is 14.3. The van der Waals surface area contributed by atoms with Gasteiger partial charge >= 0.3 is 11.9 Å². The van der Waals surface area contributed by atoms with Crippen LogP contribution in [0.5, 0.6) is 5.75 Å². The minimum absolute atomic E-state index is 0.246. The van der Waals surface area contributed by atoms with Crippen molar-refractivity contribution in [1.82, 2.24) is 0 Å². The lowest BCUT2D eigenvalue weighted by atomic mass is 10.3. The van der Waals surface area contributed by atoms with Gasteiger partial charge in [-0.15, -0.1) is 0 Å². The number of halogens is 1. The molecule has 0 aromatic heterocycles. The first-order chi connectivity index (χ1) is 8.63. The zero-order valence-corrected chi connectivity index (χ0v) is 10.6. The molecule has 0 aliphatic carbocycles. The van der Waals surface area contributed by atoms with Crippen LogP contribution >= 0.6 is 11.6 Å². The highest BCUT2D eigenvalue weighted by Crippen LogP contribution is 2.23. The summed E-state index contributed by atoms with van der Waals surface area (Å²) in [5, 5.41) is 0.327. The summed E-state index contributed by atoms with van der Waals surface area (Å²) in [5.41, 5.74) is 0. The van der Waals surface area contributed by atoms with Crippen LogP contribution in [0.3, 0.4) is 0 Å². The molecule has 0 bridgehead atoms. The van der Waals surface area contributed by atoms with Crippen LogP contribution in [0.1, 0.15) is 13.3 Å². The SMILES string of the molecule is CCCOC(=O)/C=C/C(=O)Oc1ccccc1Cl. The van der Waals surface area contributed by atoms with E-state index in [0.29, 0.717) is 11.6 Å². The third kappa shape index (κ3) is 5.01. The maximum atomic E-state index is 11.4. The van der Waals surface area contributed by atoms with Gasteiger partial charge in [-0.05, 0) is 18.6 Å². The summed E-state index contributed by atoms with van der Waals surface area (Å²) >= 11 is 5.81. The molecular formula is C13H13ClO4. The van der Waals surface area contributed by atoms with Crippen molar-refractivity contribution in [3.8, 4) is 5.75 Å². The van der Waals surface area contributed by atoms with Crippen LogP contribution in [0.15, 0.2) is 36.4 Å². The summed E-state index contributed by atoms with van der Waals surface area (Å²) in [5.74, 6) is -1.01. The van der Waals surface area contributed by atoms with Gasteiger partial charge in [0.2, 0.25) is 0 Å². The first-order valence-corrected chi connectivity index (χ1v) is 5.82. The monoisotopic (exact) mass is 268 g/mol. The molecule has 0 atom stereocenters. The lowest BCUT2D eigenvalue weighted by Crippen LogP contribution is -2.07. The molecule has 0 saturated heterocycles. The van der Waals surface area contributed by atoms with Crippen molar-refractivity contribution in [3.05, 3.63) is 41.4 Å². The van der Waals surface area contributed by atoms with Crippen molar-refractivity contribution in [1.29, 1.82) is 0 Å². The Bertz CT molecular complexity index is 454. The van der Waals surface area contributed by atoms with Gasteiger partial charge in [-0.1, -0.05) is 30.7 Å². The van der Waals surface area contributed by atoms with Gasteiger partial charge in [0, 0.05) is 12.2 Å². The molecule has 0 heterocycles. The number of para-hydroxylation sites is 1. The molecule has 1 aromatic rings. The Labute approximate surface area is 110 Å². The van der Waals surface area contributed by atoms with Crippen molar-refractivity contribution in [2.75, 3.05) is 6.61 Å². The summed E-state index contributed by atoms with van der Waals surface area (Å²) < 4.78 is 9.69. The summed E-state index contributed by atoms with van der Waals surface area (Å²) in [6.45, 7) is 2.20. The normalized spacial score (nSPS) is 10.3. The fourth-order valence-corrected chi connectivity index (χ4v) is 1.23. The zero-order valence-electron chi connectivity index (χ0n) is 9.89. The number of ether oxygens (including phenoxy) is 2. The quantitative estimate of drug-likeness (QED) is 0.468. The van der Waals surface area contributed by atoms with Crippen molar-refractivity contribution in [2.24, 2.45) is 0 Å². The Morgan fingerprint density at radius 3 is 2.56 bits per heavy atom. The summed E-state index contributed by atoms with van der Waals surface area (Å²) in [6.07, 6.45) is 2.75. The second-order valence-electron chi connectivity index (χ2n) is 3.35. The molecule has 0 radical (unpaired) electrons. The van der Waals surface area contributed by atoms with Gasteiger partial charge in [0.05, 0.1) is 11.6 Å². The Balaban J connectivity index is 2.49. The van der Waals surface area contributed by atoms with Crippen LogP contribution < -0.4 is 4.74 Å².